The number of ether oxygens (including phenoxy) is 2. The zero-order chi connectivity index (χ0) is 32.1. The average Bonchev–Trinajstić information content (AvgIpc) is 3.28. The van der Waals surface area contributed by atoms with Crippen LogP contribution in [-0.4, -0.2) is 77.9 Å². The maximum absolute atomic E-state index is 12.7. The van der Waals surface area contributed by atoms with E-state index in [4.69, 9.17) is 19.4 Å². The zero-order valence-electron chi connectivity index (χ0n) is 23.3. The second-order valence-electron chi connectivity index (χ2n) is 10.1. The van der Waals surface area contributed by atoms with E-state index < -0.39 is 39.4 Å². The summed E-state index contributed by atoms with van der Waals surface area (Å²) in [5.74, 6) is -1.40. The lowest BCUT2D eigenvalue weighted by molar-refractivity contribution is -0.394. The van der Waals surface area contributed by atoms with E-state index in [1.807, 2.05) is 12.1 Å². The second-order valence-corrected chi connectivity index (χ2v) is 10.1. The van der Waals surface area contributed by atoms with Gasteiger partial charge in [-0.25, -0.2) is 9.59 Å². The van der Waals surface area contributed by atoms with Gasteiger partial charge >= 0.3 is 18.2 Å². The number of likely N-dealkylation sites (tertiary alicyclic amines) is 1. The number of methoxy groups -OCH3 is 2. The normalized spacial score (nSPS) is 21.4. The van der Waals surface area contributed by atoms with Crippen LogP contribution in [0.2, 0.25) is 0 Å². The highest BCUT2D eigenvalue weighted by atomic mass is 19.4. The Morgan fingerprint density at radius 1 is 1.02 bits per heavy atom. The van der Waals surface area contributed by atoms with Crippen molar-refractivity contribution in [3.63, 3.8) is 0 Å². The number of benzene rings is 2. The minimum atomic E-state index is -5.08. The predicted octanol–water partition coefficient (Wildman–Crippen LogP) is 4.47. The summed E-state index contributed by atoms with van der Waals surface area (Å²) in [6.07, 6.45) is -1.79. The molecule has 17 heteroatoms. The van der Waals surface area contributed by atoms with Crippen LogP contribution in [0.3, 0.4) is 0 Å². The molecule has 2 aliphatic rings. The SMILES string of the molecule is COc1ccc([C@@]23CC[C@@H](NC(=O)Nc4cc([N+](=O)[O-])cc([N+](=O)[O-])c4)C[C@@H]2N(C)CC3)cc1OC.O=C(O)C(F)(F)F. The number of fused-ring (bicyclic) bond motifs is 1. The van der Waals surface area contributed by atoms with Crippen molar-refractivity contribution >= 4 is 29.1 Å². The minimum Gasteiger partial charge on any atom is -0.493 e. The van der Waals surface area contributed by atoms with Gasteiger partial charge in [-0.15, -0.1) is 0 Å². The predicted molar refractivity (Wildman–Crippen MR) is 145 cm³/mol. The van der Waals surface area contributed by atoms with E-state index in [0.717, 1.165) is 44.0 Å². The van der Waals surface area contributed by atoms with Crippen LogP contribution in [0.5, 0.6) is 11.5 Å². The molecule has 14 nitrogen and oxygen atoms in total. The Kier molecular flexibility index (Phi) is 10.0. The molecule has 1 aliphatic heterocycles. The molecular formula is C26H30F3N5O9. The number of nitrogens with zero attached hydrogens (tertiary/aromatic N) is 3. The molecule has 4 rings (SSSR count). The summed E-state index contributed by atoms with van der Waals surface area (Å²) in [7, 11) is 5.31. The van der Waals surface area contributed by atoms with E-state index in [1.54, 1.807) is 14.2 Å². The highest BCUT2D eigenvalue weighted by Crippen LogP contribution is 2.49. The minimum absolute atomic E-state index is 0.0122. The van der Waals surface area contributed by atoms with Crippen LogP contribution in [0.4, 0.5) is 35.0 Å². The van der Waals surface area contributed by atoms with Crippen LogP contribution in [0, 0.1) is 20.2 Å². The number of rotatable bonds is 7. The first-order chi connectivity index (χ1) is 20.1. The summed E-state index contributed by atoms with van der Waals surface area (Å²) in [4.78, 5) is 44.7. The third-order valence-electron chi connectivity index (χ3n) is 7.65. The molecule has 1 aliphatic carbocycles. The summed E-state index contributed by atoms with van der Waals surface area (Å²) < 4.78 is 42.7. The molecule has 0 unspecified atom stereocenters. The van der Waals surface area contributed by atoms with E-state index in [2.05, 4.69) is 28.6 Å². The number of aliphatic carboxylic acids is 1. The van der Waals surface area contributed by atoms with Crippen molar-refractivity contribution in [2.24, 2.45) is 0 Å². The van der Waals surface area contributed by atoms with E-state index in [0.29, 0.717) is 17.9 Å². The maximum Gasteiger partial charge on any atom is 0.490 e. The fourth-order valence-corrected chi connectivity index (χ4v) is 5.63. The number of nitrogens with one attached hydrogen (secondary N) is 2. The van der Waals surface area contributed by atoms with Gasteiger partial charge in [0.25, 0.3) is 11.4 Å². The lowest BCUT2D eigenvalue weighted by atomic mass is 9.65. The van der Waals surface area contributed by atoms with E-state index in [1.165, 1.54) is 5.56 Å². The monoisotopic (exact) mass is 613 g/mol. The van der Waals surface area contributed by atoms with Gasteiger partial charge in [-0.3, -0.25) is 20.2 Å². The quantitative estimate of drug-likeness (QED) is 0.297. The molecule has 2 amide bonds. The summed E-state index contributed by atoms with van der Waals surface area (Å²) in [6.45, 7) is 0.926. The second kappa shape index (κ2) is 13.1. The molecule has 2 aromatic carbocycles. The Hall–Kier alpha value is -4.67. The van der Waals surface area contributed by atoms with Crippen LogP contribution in [0.15, 0.2) is 36.4 Å². The Bertz CT molecular complexity index is 1360. The van der Waals surface area contributed by atoms with Crippen molar-refractivity contribution < 1.29 is 47.2 Å². The van der Waals surface area contributed by atoms with E-state index in [9.17, 15) is 38.2 Å². The number of carboxylic acid groups (broad SMARTS) is 1. The molecule has 234 valence electrons. The molecule has 0 bridgehead atoms. The summed E-state index contributed by atoms with van der Waals surface area (Å²) in [5, 5.41) is 34.8. The highest BCUT2D eigenvalue weighted by Gasteiger charge is 2.50. The number of halogens is 3. The summed E-state index contributed by atoms with van der Waals surface area (Å²) in [5.41, 5.74) is 0.154. The molecule has 0 spiro atoms. The van der Waals surface area contributed by atoms with Crippen molar-refractivity contribution in [3.05, 3.63) is 62.2 Å². The zero-order valence-corrected chi connectivity index (χ0v) is 23.3. The lowest BCUT2D eigenvalue weighted by Gasteiger charge is -2.45. The Morgan fingerprint density at radius 3 is 2.12 bits per heavy atom. The van der Waals surface area contributed by atoms with Gasteiger partial charge in [0.2, 0.25) is 0 Å². The number of anilines is 1. The number of carbonyl (C=O) groups is 2. The Balaban J connectivity index is 0.000000646. The van der Waals surface area contributed by atoms with Crippen LogP contribution in [0.1, 0.15) is 31.2 Å². The molecule has 1 saturated heterocycles. The molecule has 1 heterocycles. The van der Waals surface area contributed by atoms with Crippen molar-refractivity contribution in [3.8, 4) is 11.5 Å². The molecule has 1 saturated carbocycles. The van der Waals surface area contributed by atoms with Crippen molar-refractivity contribution in [2.45, 2.75) is 49.4 Å². The smallest absolute Gasteiger partial charge is 0.490 e. The number of urea groups is 1. The highest BCUT2D eigenvalue weighted by molar-refractivity contribution is 5.90. The molecule has 0 radical (unpaired) electrons. The van der Waals surface area contributed by atoms with Gasteiger partial charge in [0.05, 0.1) is 35.8 Å². The molecular weight excluding hydrogens is 583 g/mol. The summed E-state index contributed by atoms with van der Waals surface area (Å²) >= 11 is 0. The first-order valence-corrected chi connectivity index (χ1v) is 12.9. The van der Waals surface area contributed by atoms with Gasteiger partial charge in [0.1, 0.15) is 0 Å². The van der Waals surface area contributed by atoms with Gasteiger partial charge in [-0.1, -0.05) is 6.07 Å². The largest absolute Gasteiger partial charge is 0.493 e. The summed E-state index contributed by atoms with van der Waals surface area (Å²) in [6, 6.07) is 8.60. The van der Waals surface area contributed by atoms with E-state index >= 15 is 0 Å². The number of hydrogen-bond acceptors (Lipinski definition) is 9. The van der Waals surface area contributed by atoms with E-state index in [-0.39, 0.29) is 23.2 Å². The lowest BCUT2D eigenvalue weighted by Crippen LogP contribution is -2.52. The topological polar surface area (TPSA) is 186 Å². The maximum atomic E-state index is 12.7. The molecule has 3 N–H and O–H groups in total. The Morgan fingerprint density at radius 2 is 1.60 bits per heavy atom. The first-order valence-electron chi connectivity index (χ1n) is 12.9. The van der Waals surface area contributed by atoms with Crippen molar-refractivity contribution in [1.82, 2.24) is 10.2 Å². The van der Waals surface area contributed by atoms with Crippen LogP contribution < -0.4 is 20.1 Å². The average molecular weight is 614 g/mol. The van der Waals surface area contributed by atoms with Gasteiger partial charge in [0.15, 0.2) is 11.5 Å². The third kappa shape index (κ3) is 7.59. The Labute approximate surface area is 243 Å². The van der Waals surface area contributed by atoms with Gasteiger partial charge in [-0.2, -0.15) is 13.2 Å². The van der Waals surface area contributed by atoms with Crippen LogP contribution >= 0.6 is 0 Å². The number of carbonyl (C=O) groups excluding carboxylic acids is 1. The van der Waals surface area contributed by atoms with Gasteiger partial charge < -0.3 is 30.1 Å². The molecule has 43 heavy (non-hydrogen) atoms. The fourth-order valence-electron chi connectivity index (χ4n) is 5.63. The van der Waals surface area contributed by atoms with Crippen LogP contribution in [0.25, 0.3) is 0 Å². The number of hydrogen-bond donors (Lipinski definition) is 3. The standard InChI is InChI=1S/C24H29N5O7.C2HF3O2/c1-27-9-8-24(15-4-5-20(35-2)21(10-15)36-3)7-6-16(13-22(24)27)25-23(30)26-17-11-18(28(31)32)14-19(12-17)29(33)34;3-2(4,5)1(6)7/h4-5,10-12,14,16,22H,6-9,13H2,1-3H3,(H2,25,26,30);(H,6,7)/t16-,22+,24+;/m1./s1. The van der Waals surface area contributed by atoms with Crippen LogP contribution in [-0.2, 0) is 10.2 Å². The molecule has 2 aromatic rings. The van der Waals surface area contributed by atoms with Gasteiger partial charge in [-0.05, 0) is 57.0 Å². The van der Waals surface area contributed by atoms with Gasteiger partial charge in [0, 0.05) is 29.6 Å². The number of nitro groups is 2. The first kappa shape index (κ1) is 32.8. The molecule has 3 atom stereocenters. The van der Waals surface area contributed by atoms with Crippen molar-refractivity contribution in [2.75, 3.05) is 33.1 Å². The number of nitro benzene ring substituents is 2. The molecule has 0 aromatic heterocycles. The number of likely N-dealkylation sites (N-methyl/N-ethyl adjacent to an activating group) is 1. The number of non-ortho nitro benzene ring substituents is 2. The number of alkyl halides is 3. The third-order valence-corrected chi connectivity index (χ3v) is 7.65. The van der Waals surface area contributed by atoms with Crippen molar-refractivity contribution in [1.29, 1.82) is 0 Å². The number of carboxylic acids is 1. The number of amides is 2. The fraction of sp³-hybridized carbons (Fsp3) is 0.462. The molecule has 2 fully saturated rings.